The first-order valence-corrected chi connectivity index (χ1v) is 6.30. The molecule has 2 aromatic carbocycles. The van der Waals surface area contributed by atoms with Gasteiger partial charge in [0.25, 0.3) is 0 Å². The van der Waals surface area contributed by atoms with Crippen LogP contribution in [0.1, 0.15) is 5.56 Å². The van der Waals surface area contributed by atoms with Gasteiger partial charge in [-0.05, 0) is 36.2 Å². The van der Waals surface area contributed by atoms with Gasteiger partial charge in [-0.2, -0.15) is 0 Å². The zero-order valence-corrected chi connectivity index (χ0v) is 10.8. The van der Waals surface area contributed by atoms with Gasteiger partial charge in [0.15, 0.2) is 0 Å². The summed E-state index contributed by atoms with van der Waals surface area (Å²) in [7, 11) is 0. The Morgan fingerprint density at radius 1 is 1.06 bits per heavy atom. The molecule has 0 fully saturated rings. The van der Waals surface area contributed by atoms with Gasteiger partial charge in [0.2, 0.25) is 0 Å². The molecule has 0 aliphatic carbocycles. The standard InChI is InChI=1S/C15H16ClNO/c16-13-6-4-5-12(9-13)10-14(17)11-18-15-7-2-1-3-8-15/h1-9,14H,10-11,17H2. The number of nitrogens with two attached hydrogens (primary N) is 1. The zero-order chi connectivity index (χ0) is 12.8. The molecule has 0 aliphatic rings. The zero-order valence-electron chi connectivity index (χ0n) is 10.1. The van der Waals surface area contributed by atoms with Crippen molar-refractivity contribution in [3.63, 3.8) is 0 Å². The van der Waals surface area contributed by atoms with Crippen LogP contribution in [0.15, 0.2) is 54.6 Å². The SMILES string of the molecule is NC(COc1ccccc1)Cc1cccc(Cl)c1. The monoisotopic (exact) mass is 261 g/mol. The normalized spacial score (nSPS) is 12.1. The van der Waals surface area contributed by atoms with Gasteiger partial charge < -0.3 is 10.5 Å². The van der Waals surface area contributed by atoms with Crippen molar-refractivity contribution in [2.45, 2.75) is 12.5 Å². The van der Waals surface area contributed by atoms with Gasteiger partial charge in [0.05, 0.1) is 0 Å². The van der Waals surface area contributed by atoms with E-state index < -0.39 is 0 Å². The molecule has 18 heavy (non-hydrogen) atoms. The molecule has 2 aromatic rings. The quantitative estimate of drug-likeness (QED) is 0.896. The van der Waals surface area contributed by atoms with Crippen LogP contribution in [0.5, 0.6) is 5.75 Å². The van der Waals surface area contributed by atoms with E-state index in [2.05, 4.69) is 0 Å². The molecule has 0 aliphatic heterocycles. The summed E-state index contributed by atoms with van der Waals surface area (Å²) >= 11 is 5.93. The third-order valence-electron chi connectivity index (χ3n) is 2.59. The molecule has 2 N–H and O–H groups in total. The van der Waals surface area contributed by atoms with Crippen LogP contribution in [-0.4, -0.2) is 12.6 Å². The van der Waals surface area contributed by atoms with Gasteiger partial charge in [-0.1, -0.05) is 41.9 Å². The molecule has 1 unspecified atom stereocenters. The predicted molar refractivity (Wildman–Crippen MR) is 75.1 cm³/mol. The Bertz CT molecular complexity index is 487. The second kappa shape index (κ2) is 6.43. The molecule has 0 amide bonds. The maximum Gasteiger partial charge on any atom is 0.119 e. The minimum Gasteiger partial charge on any atom is -0.492 e. The number of ether oxygens (including phenoxy) is 1. The lowest BCUT2D eigenvalue weighted by atomic mass is 10.1. The summed E-state index contributed by atoms with van der Waals surface area (Å²) in [6.07, 6.45) is 0.757. The number of benzene rings is 2. The van der Waals surface area contributed by atoms with E-state index in [1.54, 1.807) is 0 Å². The van der Waals surface area contributed by atoms with Crippen LogP contribution in [0.4, 0.5) is 0 Å². The Hall–Kier alpha value is -1.51. The first-order valence-electron chi connectivity index (χ1n) is 5.92. The molecule has 1 atom stereocenters. The van der Waals surface area contributed by atoms with Gasteiger partial charge >= 0.3 is 0 Å². The summed E-state index contributed by atoms with van der Waals surface area (Å²) in [5, 5.41) is 0.740. The summed E-state index contributed by atoms with van der Waals surface area (Å²) < 4.78 is 5.61. The lowest BCUT2D eigenvalue weighted by Crippen LogP contribution is -2.30. The van der Waals surface area contributed by atoms with Crippen LogP contribution in [-0.2, 0) is 6.42 Å². The van der Waals surface area contributed by atoms with E-state index in [0.717, 1.165) is 22.8 Å². The van der Waals surface area contributed by atoms with E-state index in [-0.39, 0.29) is 6.04 Å². The first-order chi connectivity index (χ1) is 8.74. The van der Waals surface area contributed by atoms with E-state index in [9.17, 15) is 0 Å². The van der Waals surface area contributed by atoms with Crippen molar-refractivity contribution in [2.75, 3.05) is 6.61 Å². The van der Waals surface area contributed by atoms with Crippen LogP contribution in [0.2, 0.25) is 5.02 Å². The highest BCUT2D eigenvalue weighted by Gasteiger charge is 2.05. The summed E-state index contributed by atoms with van der Waals surface area (Å²) in [6, 6.07) is 17.4. The molecule has 2 rings (SSSR count). The number of hydrogen-bond donors (Lipinski definition) is 1. The van der Waals surface area contributed by atoms with E-state index in [1.165, 1.54) is 0 Å². The van der Waals surface area contributed by atoms with E-state index in [1.807, 2.05) is 54.6 Å². The lowest BCUT2D eigenvalue weighted by molar-refractivity contribution is 0.287. The summed E-state index contributed by atoms with van der Waals surface area (Å²) in [5.74, 6) is 0.846. The topological polar surface area (TPSA) is 35.2 Å². The Morgan fingerprint density at radius 3 is 2.56 bits per heavy atom. The highest BCUT2D eigenvalue weighted by molar-refractivity contribution is 6.30. The largest absolute Gasteiger partial charge is 0.492 e. The smallest absolute Gasteiger partial charge is 0.119 e. The van der Waals surface area contributed by atoms with Crippen molar-refractivity contribution in [3.8, 4) is 5.75 Å². The molecule has 0 spiro atoms. The molecule has 0 radical (unpaired) electrons. The molecule has 2 nitrogen and oxygen atoms in total. The molecule has 3 heteroatoms. The van der Waals surface area contributed by atoms with Gasteiger partial charge in [-0.25, -0.2) is 0 Å². The summed E-state index contributed by atoms with van der Waals surface area (Å²) in [4.78, 5) is 0. The summed E-state index contributed by atoms with van der Waals surface area (Å²) in [5.41, 5.74) is 7.17. The second-order valence-electron chi connectivity index (χ2n) is 4.22. The average Bonchev–Trinajstić information content (AvgIpc) is 2.38. The molecular weight excluding hydrogens is 246 g/mol. The molecule has 94 valence electrons. The third kappa shape index (κ3) is 4.06. The number of hydrogen-bond acceptors (Lipinski definition) is 2. The Labute approximate surface area is 112 Å². The fourth-order valence-electron chi connectivity index (χ4n) is 1.75. The summed E-state index contributed by atoms with van der Waals surface area (Å²) in [6.45, 7) is 0.497. The van der Waals surface area contributed by atoms with Gasteiger partial charge in [0, 0.05) is 11.1 Å². The minimum atomic E-state index is -0.0383. The van der Waals surface area contributed by atoms with Gasteiger partial charge in [-0.3, -0.25) is 0 Å². The van der Waals surface area contributed by atoms with E-state index >= 15 is 0 Å². The molecule has 0 aromatic heterocycles. The van der Waals surface area contributed by atoms with Crippen LogP contribution in [0.25, 0.3) is 0 Å². The highest BCUT2D eigenvalue weighted by Crippen LogP contribution is 2.13. The lowest BCUT2D eigenvalue weighted by Gasteiger charge is -2.13. The van der Waals surface area contributed by atoms with Crippen molar-refractivity contribution in [3.05, 3.63) is 65.2 Å². The van der Waals surface area contributed by atoms with Gasteiger partial charge in [-0.15, -0.1) is 0 Å². The molecule has 0 heterocycles. The van der Waals surface area contributed by atoms with Crippen LogP contribution in [0, 0.1) is 0 Å². The van der Waals surface area contributed by atoms with Crippen molar-refractivity contribution < 1.29 is 4.74 Å². The average molecular weight is 262 g/mol. The Kier molecular flexibility index (Phi) is 4.62. The number of para-hydroxylation sites is 1. The fourth-order valence-corrected chi connectivity index (χ4v) is 1.96. The highest BCUT2D eigenvalue weighted by atomic mass is 35.5. The number of rotatable bonds is 5. The predicted octanol–water partition coefficient (Wildman–Crippen LogP) is 3.29. The van der Waals surface area contributed by atoms with Crippen molar-refractivity contribution >= 4 is 11.6 Å². The third-order valence-corrected chi connectivity index (χ3v) is 2.83. The molecule has 0 saturated carbocycles. The van der Waals surface area contributed by atoms with Crippen LogP contribution in [0.3, 0.4) is 0 Å². The van der Waals surface area contributed by atoms with Crippen LogP contribution < -0.4 is 10.5 Å². The molecule has 0 saturated heterocycles. The Balaban J connectivity index is 1.84. The first kappa shape index (κ1) is 12.9. The van der Waals surface area contributed by atoms with E-state index in [4.69, 9.17) is 22.1 Å². The molecular formula is C15H16ClNO. The fraction of sp³-hybridized carbons (Fsp3) is 0.200. The maximum atomic E-state index is 6.04. The van der Waals surface area contributed by atoms with Crippen molar-refractivity contribution in [2.24, 2.45) is 5.73 Å². The Morgan fingerprint density at radius 2 is 1.83 bits per heavy atom. The van der Waals surface area contributed by atoms with Crippen molar-refractivity contribution in [1.29, 1.82) is 0 Å². The minimum absolute atomic E-state index is 0.0383. The number of halogens is 1. The molecule has 0 bridgehead atoms. The second-order valence-corrected chi connectivity index (χ2v) is 4.65. The van der Waals surface area contributed by atoms with E-state index in [0.29, 0.717) is 6.61 Å². The maximum absolute atomic E-state index is 6.04. The van der Waals surface area contributed by atoms with Crippen LogP contribution >= 0.6 is 11.6 Å². The van der Waals surface area contributed by atoms with Gasteiger partial charge in [0.1, 0.15) is 12.4 Å². The van der Waals surface area contributed by atoms with Crippen molar-refractivity contribution in [1.82, 2.24) is 0 Å².